The summed E-state index contributed by atoms with van der Waals surface area (Å²) in [5.74, 6) is 1.73. The van der Waals surface area contributed by atoms with Gasteiger partial charge in [0.2, 0.25) is 5.91 Å². The fraction of sp³-hybridized carbons (Fsp3) is 0.654. The lowest BCUT2D eigenvalue weighted by Crippen LogP contribution is -2.61. The highest BCUT2D eigenvalue weighted by molar-refractivity contribution is 5.94. The zero-order valence-corrected chi connectivity index (χ0v) is 19.9. The Morgan fingerprint density at radius 2 is 1.62 bits per heavy atom. The van der Waals surface area contributed by atoms with E-state index in [9.17, 15) is 18.8 Å². The third-order valence-corrected chi connectivity index (χ3v) is 8.37. The summed E-state index contributed by atoms with van der Waals surface area (Å²) < 4.78 is 14.4. The zero-order chi connectivity index (χ0) is 23.9. The average Bonchev–Trinajstić information content (AvgIpc) is 2.77. The van der Waals surface area contributed by atoms with Gasteiger partial charge in [-0.15, -0.1) is 0 Å². The van der Waals surface area contributed by atoms with Gasteiger partial charge in [0.1, 0.15) is 5.82 Å². The lowest BCUT2D eigenvalue weighted by atomic mass is 9.53. The Balaban J connectivity index is 1.05. The first kappa shape index (κ1) is 23.1. The second-order valence-corrected chi connectivity index (χ2v) is 10.9. The molecule has 1 aromatic rings. The molecular weight excluding hydrogens is 435 g/mol. The van der Waals surface area contributed by atoms with Crippen LogP contribution in [0, 0.1) is 23.6 Å². The molecule has 8 heteroatoms. The van der Waals surface area contributed by atoms with Gasteiger partial charge in [-0.1, -0.05) is 0 Å². The highest BCUT2D eigenvalue weighted by atomic mass is 19.1. The molecule has 2 N–H and O–H groups in total. The van der Waals surface area contributed by atoms with Gasteiger partial charge in [-0.3, -0.25) is 9.59 Å². The van der Waals surface area contributed by atoms with E-state index in [0.29, 0.717) is 44.0 Å². The first-order valence-electron chi connectivity index (χ1n) is 12.7. The quantitative estimate of drug-likeness (QED) is 0.625. The molecule has 7 nitrogen and oxygen atoms in total. The normalized spacial score (nSPS) is 29.8. The Labute approximate surface area is 200 Å². The number of carbonyl (C=O) groups excluding carboxylic acids is 3. The summed E-state index contributed by atoms with van der Waals surface area (Å²) in [5.41, 5.74) is 0.784. The molecule has 1 aromatic carbocycles. The van der Waals surface area contributed by atoms with Crippen molar-refractivity contribution in [1.82, 2.24) is 15.5 Å². The lowest BCUT2D eigenvalue weighted by Gasteiger charge is -2.56. The van der Waals surface area contributed by atoms with Crippen molar-refractivity contribution in [2.75, 3.05) is 37.6 Å². The minimum Gasteiger partial charge on any atom is -0.366 e. The SMILES string of the molecule is CC(=O)c1ccc(N2CCN(C(=O)CCNC(=O)NC34CC5CC(CC(C5)C3)C4)CC2)c(F)c1. The van der Waals surface area contributed by atoms with E-state index in [1.165, 1.54) is 32.3 Å². The van der Waals surface area contributed by atoms with E-state index in [1.807, 2.05) is 4.90 Å². The highest BCUT2D eigenvalue weighted by Gasteiger charge is 2.51. The van der Waals surface area contributed by atoms with E-state index in [-0.39, 0.29) is 29.7 Å². The Morgan fingerprint density at radius 3 is 2.18 bits per heavy atom. The van der Waals surface area contributed by atoms with Gasteiger partial charge < -0.3 is 20.4 Å². The fourth-order valence-electron chi connectivity index (χ4n) is 7.17. The first-order valence-corrected chi connectivity index (χ1v) is 12.7. The highest BCUT2D eigenvalue weighted by Crippen LogP contribution is 2.55. The predicted octanol–water partition coefficient (Wildman–Crippen LogP) is 3.34. The van der Waals surface area contributed by atoms with Crippen molar-refractivity contribution in [2.24, 2.45) is 17.8 Å². The van der Waals surface area contributed by atoms with Crippen molar-refractivity contribution in [3.8, 4) is 0 Å². The van der Waals surface area contributed by atoms with Crippen LogP contribution in [-0.2, 0) is 4.79 Å². The van der Waals surface area contributed by atoms with Crippen LogP contribution in [0.15, 0.2) is 18.2 Å². The van der Waals surface area contributed by atoms with Crippen molar-refractivity contribution in [1.29, 1.82) is 0 Å². The van der Waals surface area contributed by atoms with E-state index in [4.69, 9.17) is 0 Å². The lowest BCUT2D eigenvalue weighted by molar-refractivity contribution is -0.131. The molecular formula is C26H35FN4O3. The number of rotatable bonds is 6. The molecule has 1 aliphatic heterocycles. The molecule has 184 valence electrons. The maximum Gasteiger partial charge on any atom is 0.315 e. The van der Waals surface area contributed by atoms with Gasteiger partial charge in [-0.2, -0.15) is 0 Å². The molecule has 4 aliphatic carbocycles. The third kappa shape index (κ3) is 4.77. The molecule has 6 rings (SSSR count). The second kappa shape index (κ2) is 9.19. The number of urea groups is 1. The average molecular weight is 471 g/mol. The number of ketones is 1. The summed E-state index contributed by atoms with van der Waals surface area (Å²) >= 11 is 0. The molecule has 1 heterocycles. The van der Waals surface area contributed by atoms with Crippen LogP contribution in [0.2, 0.25) is 0 Å². The van der Waals surface area contributed by atoms with Crippen LogP contribution in [0.5, 0.6) is 0 Å². The monoisotopic (exact) mass is 470 g/mol. The summed E-state index contributed by atoms with van der Waals surface area (Å²) in [5, 5.41) is 6.18. The van der Waals surface area contributed by atoms with Gasteiger partial charge in [-0.25, -0.2) is 9.18 Å². The Hall–Kier alpha value is -2.64. The molecule has 0 radical (unpaired) electrons. The number of amides is 3. The van der Waals surface area contributed by atoms with Crippen molar-refractivity contribution < 1.29 is 18.8 Å². The summed E-state index contributed by atoms with van der Waals surface area (Å²) in [4.78, 5) is 40.3. The van der Waals surface area contributed by atoms with Gasteiger partial charge in [0.15, 0.2) is 5.78 Å². The van der Waals surface area contributed by atoms with E-state index in [2.05, 4.69) is 10.6 Å². The summed E-state index contributed by atoms with van der Waals surface area (Å²) in [6, 6.07) is 4.40. The molecule has 5 aliphatic rings. The third-order valence-electron chi connectivity index (χ3n) is 8.37. The Morgan fingerprint density at radius 1 is 1.00 bits per heavy atom. The van der Waals surface area contributed by atoms with Crippen LogP contribution in [0.1, 0.15) is 62.2 Å². The molecule has 4 bridgehead atoms. The van der Waals surface area contributed by atoms with Crippen molar-refractivity contribution in [2.45, 2.75) is 57.4 Å². The molecule has 34 heavy (non-hydrogen) atoms. The standard InChI is InChI=1S/C26H35FN4O3/c1-17(32)21-2-3-23(22(27)13-21)30-6-8-31(9-7-30)24(33)4-5-28-25(34)29-26-14-18-10-19(15-26)12-20(11-18)16-26/h2-3,13,18-20H,4-12,14-16H2,1H3,(H2,28,29,34). The Bertz CT molecular complexity index is 938. The number of nitrogens with zero attached hydrogens (tertiary/aromatic N) is 2. The number of benzene rings is 1. The van der Waals surface area contributed by atoms with Gasteiger partial charge >= 0.3 is 6.03 Å². The van der Waals surface area contributed by atoms with Crippen LogP contribution in [0.25, 0.3) is 0 Å². The van der Waals surface area contributed by atoms with Gasteiger partial charge in [0, 0.05) is 50.2 Å². The summed E-state index contributed by atoms with van der Waals surface area (Å²) in [6.07, 6.45) is 7.58. The molecule has 4 saturated carbocycles. The van der Waals surface area contributed by atoms with Crippen molar-refractivity contribution >= 4 is 23.4 Å². The summed E-state index contributed by atoms with van der Waals surface area (Å²) in [6.45, 7) is 3.81. The topological polar surface area (TPSA) is 81.8 Å². The predicted molar refractivity (Wildman–Crippen MR) is 127 cm³/mol. The fourth-order valence-corrected chi connectivity index (χ4v) is 7.17. The smallest absolute Gasteiger partial charge is 0.315 e. The number of carbonyl (C=O) groups is 3. The van der Waals surface area contributed by atoms with Crippen LogP contribution in [0.4, 0.5) is 14.9 Å². The molecule has 0 spiro atoms. The van der Waals surface area contributed by atoms with Gasteiger partial charge in [0.25, 0.3) is 0 Å². The maximum absolute atomic E-state index is 14.4. The van der Waals surface area contributed by atoms with Gasteiger partial charge in [-0.05, 0) is 81.4 Å². The molecule has 0 aromatic heterocycles. The van der Waals surface area contributed by atoms with Crippen LogP contribution in [-0.4, -0.2) is 60.9 Å². The first-order chi connectivity index (χ1) is 16.3. The number of hydrogen-bond donors (Lipinski definition) is 2. The van der Waals surface area contributed by atoms with Gasteiger partial charge in [0.05, 0.1) is 5.69 Å². The molecule has 1 saturated heterocycles. The van der Waals surface area contributed by atoms with E-state index >= 15 is 0 Å². The molecule has 0 atom stereocenters. The van der Waals surface area contributed by atoms with Crippen LogP contribution >= 0.6 is 0 Å². The number of halogens is 1. The number of hydrogen-bond acceptors (Lipinski definition) is 4. The van der Waals surface area contributed by atoms with E-state index in [0.717, 1.165) is 37.0 Å². The zero-order valence-electron chi connectivity index (χ0n) is 19.9. The van der Waals surface area contributed by atoms with Crippen LogP contribution in [0.3, 0.4) is 0 Å². The van der Waals surface area contributed by atoms with Crippen molar-refractivity contribution in [3.63, 3.8) is 0 Å². The van der Waals surface area contributed by atoms with Crippen molar-refractivity contribution in [3.05, 3.63) is 29.6 Å². The number of Topliss-reactive ketones (excluding diaryl/α,β-unsaturated/α-hetero) is 1. The number of nitrogens with one attached hydrogen (secondary N) is 2. The summed E-state index contributed by atoms with van der Waals surface area (Å²) in [7, 11) is 0. The maximum atomic E-state index is 14.4. The minimum absolute atomic E-state index is 0.00199. The molecule has 3 amide bonds. The van der Waals surface area contributed by atoms with E-state index < -0.39 is 5.82 Å². The van der Waals surface area contributed by atoms with E-state index in [1.54, 1.807) is 17.0 Å². The number of anilines is 1. The molecule has 0 unspecified atom stereocenters. The van der Waals surface area contributed by atoms with Crippen LogP contribution < -0.4 is 15.5 Å². The number of piperazine rings is 1. The largest absolute Gasteiger partial charge is 0.366 e. The Kier molecular flexibility index (Phi) is 6.25. The minimum atomic E-state index is -0.415. The second-order valence-electron chi connectivity index (χ2n) is 10.9. The molecule has 5 fully saturated rings.